The van der Waals surface area contributed by atoms with E-state index in [4.69, 9.17) is 0 Å². The molecule has 4 nitrogen and oxygen atoms in total. The Balaban J connectivity index is 2.04. The summed E-state index contributed by atoms with van der Waals surface area (Å²) in [5, 5.41) is 2.27. The highest BCUT2D eigenvalue weighted by atomic mass is 19.4. The molecule has 0 saturated carbocycles. The highest BCUT2D eigenvalue weighted by Crippen LogP contribution is 2.45. The average Bonchev–Trinajstić information content (AvgIpc) is 2.98. The molecule has 1 N–H and O–H groups in total. The van der Waals surface area contributed by atoms with Crippen molar-refractivity contribution in [2.45, 2.75) is 52.9 Å². The first-order chi connectivity index (χ1) is 16.1. The van der Waals surface area contributed by atoms with Crippen LogP contribution in [0.15, 0.2) is 36.4 Å². The topological polar surface area (TPSA) is 49.4 Å². The van der Waals surface area contributed by atoms with Crippen LogP contribution in [0.2, 0.25) is 0 Å². The summed E-state index contributed by atoms with van der Waals surface area (Å²) in [6.45, 7) is 6.96. The molecule has 2 atom stereocenters. The van der Waals surface area contributed by atoms with E-state index in [1.165, 1.54) is 4.90 Å². The second-order valence-corrected chi connectivity index (χ2v) is 9.04. The Labute approximate surface area is 199 Å². The Morgan fingerprint density at radius 2 is 1.54 bits per heavy atom. The fourth-order valence-corrected chi connectivity index (χ4v) is 4.79. The Hall–Kier alpha value is -3.04. The molecular formula is C25H26F6N2O2. The average molecular weight is 500 g/mol. The molecule has 2 aromatic carbocycles. The zero-order valence-electron chi connectivity index (χ0n) is 19.7. The maximum absolute atomic E-state index is 13.5. The van der Waals surface area contributed by atoms with Gasteiger partial charge in [0.25, 0.3) is 0 Å². The maximum atomic E-state index is 13.5. The number of benzene rings is 2. The van der Waals surface area contributed by atoms with Crippen molar-refractivity contribution in [3.63, 3.8) is 0 Å². The van der Waals surface area contributed by atoms with Crippen LogP contribution in [0.25, 0.3) is 0 Å². The number of amides is 2. The molecule has 10 heteroatoms. The van der Waals surface area contributed by atoms with Gasteiger partial charge in [0.05, 0.1) is 22.5 Å². The van der Waals surface area contributed by atoms with Crippen molar-refractivity contribution in [1.82, 2.24) is 0 Å². The minimum atomic E-state index is -5.04. The van der Waals surface area contributed by atoms with Gasteiger partial charge in [-0.3, -0.25) is 9.59 Å². The Morgan fingerprint density at radius 1 is 1.03 bits per heavy atom. The number of rotatable bonds is 5. The minimum Gasteiger partial charge on any atom is -0.326 e. The molecule has 1 heterocycles. The van der Waals surface area contributed by atoms with Crippen LogP contribution in [0.5, 0.6) is 0 Å². The monoisotopic (exact) mass is 500 g/mol. The second-order valence-electron chi connectivity index (χ2n) is 9.04. The largest absolute Gasteiger partial charge is 0.416 e. The lowest BCUT2D eigenvalue weighted by atomic mass is 9.74. The number of hydrogen-bond donors (Lipinski definition) is 1. The lowest BCUT2D eigenvalue weighted by Crippen LogP contribution is -2.42. The van der Waals surface area contributed by atoms with Crippen molar-refractivity contribution in [2.24, 2.45) is 11.3 Å². The highest BCUT2D eigenvalue weighted by molar-refractivity contribution is 6.07. The molecule has 2 unspecified atom stereocenters. The molecule has 35 heavy (non-hydrogen) atoms. The van der Waals surface area contributed by atoms with Gasteiger partial charge in [0.15, 0.2) is 0 Å². The second kappa shape index (κ2) is 9.20. The normalized spacial score (nSPS) is 20.9. The third kappa shape index (κ3) is 5.01. The van der Waals surface area contributed by atoms with E-state index in [1.54, 1.807) is 13.8 Å². The summed E-state index contributed by atoms with van der Waals surface area (Å²) in [6, 6.07) is 6.41. The number of carbonyl (C=O) groups is 2. The van der Waals surface area contributed by atoms with Gasteiger partial charge >= 0.3 is 12.4 Å². The summed E-state index contributed by atoms with van der Waals surface area (Å²) in [5.41, 5.74) is -2.75. The van der Waals surface area contributed by atoms with Gasteiger partial charge < -0.3 is 10.2 Å². The van der Waals surface area contributed by atoms with Gasteiger partial charge in [-0.1, -0.05) is 38.5 Å². The molecule has 0 radical (unpaired) electrons. The van der Waals surface area contributed by atoms with E-state index < -0.39 is 46.4 Å². The molecular weight excluding hydrogens is 474 g/mol. The first kappa shape index (κ1) is 26.6. The SMILES string of the molecule is CCCC1(C(=O)Nc2cc(C(F)(F)F)cc(C(F)(F)F)c2)CN(c2c(C)cccc2C)C(=O)C1C. The van der Waals surface area contributed by atoms with Crippen molar-refractivity contribution in [1.29, 1.82) is 0 Å². The quantitative estimate of drug-likeness (QED) is 0.462. The summed E-state index contributed by atoms with van der Waals surface area (Å²) in [4.78, 5) is 28.3. The Morgan fingerprint density at radius 3 is 2.00 bits per heavy atom. The zero-order valence-corrected chi connectivity index (χ0v) is 19.7. The summed E-state index contributed by atoms with van der Waals surface area (Å²) in [5.74, 6) is -1.96. The van der Waals surface area contributed by atoms with Crippen LogP contribution in [0, 0.1) is 25.2 Å². The first-order valence-corrected chi connectivity index (χ1v) is 11.1. The number of hydrogen-bond acceptors (Lipinski definition) is 2. The summed E-state index contributed by atoms with van der Waals surface area (Å²) < 4.78 is 79.6. The molecule has 1 saturated heterocycles. The predicted molar refractivity (Wildman–Crippen MR) is 120 cm³/mol. The van der Waals surface area contributed by atoms with Gasteiger partial charge in [-0.15, -0.1) is 0 Å². The Bertz CT molecular complexity index is 1090. The number of nitrogens with one attached hydrogen (secondary N) is 1. The van der Waals surface area contributed by atoms with Gasteiger partial charge in [-0.05, 0) is 49.6 Å². The fraction of sp³-hybridized carbons (Fsp3) is 0.440. The third-order valence-corrected chi connectivity index (χ3v) is 6.61. The van der Waals surface area contributed by atoms with Crippen LogP contribution >= 0.6 is 0 Å². The van der Waals surface area contributed by atoms with E-state index in [0.29, 0.717) is 24.2 Å². The third-order valence-electron chi connectivity index (χ3n) is 6.61. The van der Waals surface area contributed by atoms with Gasteiger partial charge in [0.2, 0.25) is 11.8 Å². The molecule has 0 aromatic heterocycles. The van der Waals surface area contributed by atoms with Gasteiger partial charge in [0, 0.05) is 17.9 Å². The highest BCUT2D eigenvalue weighted by Gasteiger charge is 2.55. The van der Waals surface area contributed by atoms with Crippen LogP contribution in [0.4, 0.5) is 37.7 Å². The van der Waals surface area contributed by atoms with Gasteiger partial charge in [0.1, 0.15) is 0 Å². The number of halogens is 6. The number of anilines is 2. The van der Waals surface area contributed by atoms with Crippen molar-refractivity contribution in [3.05, 3.63) is 58.7 Å². The zero-order chi connectivity index (χ0) is 26.3. The molecule has 1 aliphatic heterocycles. The van der Waals surface area contributed by atoms with E-state index >= 15 is 0 Å². The summed E-state index contributed by atoms with van der Waals surface area (Å²) >= 11 is 0. The summed E-state index contributed by atoms with van der Waals surface area (Å²) in [7, 11) is 0. The fourth-order valence-electron chi connectivity index (χ4n) is 4.79. The molecule has 2 amide bonds. The van der Waals surface area contributed by atoms with Crippen LogP contribution in [0.1, 0.15) is 48.9 Å². The van der Waals surface area contributed by atoms with E-state index in [1.807, 2.05) is 32.0 Å². The van der Waals surface area contributed by atoms with Crippen molar-refractivity contribution in [3.8, 4) is 0 Å². The maximum Gasteiger partial charge on any atom is 0.416 e. The Kier molecular flexibility index (Phi) is 6.98. The van der Waals surface area contributed by atoms with Crippen LogP contribution in [-0.4, -0.2) is 18.4 Å². The smallest absolute Gasteiger partial charge is 0.326 e. The molecule has 3 rings (SSSR count). The molecule has 0 bridgehead atoms. The van der Waals surface area contributed by atoms with Crippen LogP contribution in [-0.2, 0) is 21.9 Å². The first-order valence-electron chi connectivity index (χ1n) is 11.1. The van der Waals surface area contributed by atoms with E-state index in [0.717, 1.165) is 11.1 Å². The number of alkyl halides is 6. The van der Waals surface area contributed by atoms with E-state index in [2.05, 4.69) is 5.32 Å². The van der Waals surface area contributed by atoms with E-state index in [-0.39, 0.29) is 24.9 Å². The molecule has 1 fully saturated rings. The lowest BCUT2D eigenvalue weighted by molar-refractivity contribution is -0.143. The molecule has 1 aliphatic rings. The van der Waals surface area contributed by atoms with Crippen molar-refractivity contribution in [2.75, 3.05) is 16.8 Å². The van der Waals surface area contributed by atoms with E-state index in [9.17, 15) is 35.9 Å². The number of para-hydroxylation sites is 1. The predicted octanol–water partition coefficient (Wildman–Crippen LogP) is 6.75. The molecule has 190 valence electrons. The molecule has 0 aliphatic carbocycles. The van der Waals surface area contributed by atoms with Crippen molar-refractivity contribution >= 4 is 23.2 Å². The minimum absolute atomic E-state index is 0.00186. The standard InChI is InChI=1S/C25H26F6N2O2/c1-5-9-23(13-33(21(34)16(23)4)20-14(2)7-6-8-15(20)3)22(35)32-19-11-17(24(26,27)28)10-18(12-19)25(29,30)31/h6-8,10-12,16H,5,9,13H2,1-4H3,(H,32,35). The van der Waals surface area contributed by atoms with Gasteiger partial charge in [-0.2, -0.15) is 26.3 Å². The number of carbonyl (C=O) groups excluding carboxylic acids is 2. The van der Waals surface area contributed by atoms with Crippen LogP contribution in [0.3, 0.4) is 0 Å². The van der Waals surface area contributed by atoms with Gasteiger partial charge in [-0.25, -0.2) is 0 Å². The number of nitrogens with zero attached hydrogens (tertiary/aromatic N) is 1. The molecule has 0 spiro atoms. The summed E-state index contributed by atoms with van der Waals surface area (Å²) in [6.07, 6.45) is -9.39. The molecule has 2 aromatic rings. The number of aryl methyl sites for hydroxylation is 2. The lowest BCUT2D eigenvalue weighted by Gasteiger charge is -2.31. The van der Waals surface area contributed by atoms with Crippen molar-refractivity contribution < 1.29 is 35.9 Å². The van der Waals surface area contributed by atoms with Crippen LogP contribution < -0.4 is 10.2 Å².